The van der Waals surface area contributed by atoms with Gasteiger partial charge in [0.2, 0.25) is 5.78 Å². The lowest BCUT2D eigenvalue weighted by Crippen LogP contribution is -2.34. The molecule has 0 saturated carbocycles. The third-order valence-electron chi connectivity index (χ3n) is 4.26. The molecule has 1 aromatic carbocycles. The fourth-order valence-electron chi connectivity index (χ4n) is 2.91. The number of hydrogen-bond donors (Lipinski definition) is 3. The van der Waals surface area contributed by atoms with E-state index in [9.17, 15) is 19.2 Å². The largest absolute Gasteiger partial charge is 0.465 e. The minimum absolute atomic E-state index is 0.0795. The van der Waals surface area contributed by atoms with Crippen LogP contribution < -0.4 is 10.6 Å². The van der Waals surface area contributed by atoms with Crippen LogP contribution in [-0.4, -0.2) is 48.5 Å². The summed E-state index contributed by atoms with van der Waals surface area (Å²) in [6.07, 6.45) is 0. The van der Waals surface area contributed by atoms with Crippen LogP contribution in [0.4, 0.5) is 10.5 Å². The van der Waals surface area contributed by atoms with Crippen LogP contribution >= 0.6 is 0 Å². The molecule has 1 aromatic heterocycles. The van der Waals surface area contributed by atoms with Crippen molar-refractivity contribution < 1.29 is 28.7 Å². The third-order valence-corrected chi connectivity index (χ3v) is 4.26. The second-order valence-electron chi connectivity index (χ2n) is 6.91. The average Bonchev–Trinajstić information content (AvgIpc) is 2.99. The lowest BCUT2D eigenvalue weighted by Gasteiger charge is -2.13. The third kappa shape index (κ3) is 5.25. The molecule has 1 heterocycles. The molecule has 0 aliphatic rings. The maximum absolute atomic E-state index is 12.5. The van der Waals surface area contributed by atoms with Gasteiger partial charge in [-0.3, -0.25) is 4.79 Å². The van der Waals surface area contributed by atoms with Crippen LogP contribution in [0.3, 0.4) is 0 Å². The van der Waals surface area contributed by atoms with Crippen LogP contribution in [0.25, 0.3) is 0 Å². The fraction of sp³-hybridized carbons (Fsp3) is 0.333. The second kappa shape index (κ2) is 9.73. The van der Waals surface area contributed by atoms with Crippen molar-refractivity contribution in [2.24, 2.45) is 0 Å². The number of methoxy groups -OCH3 is 1. The van der Waals surface area contributed by atoms with Crippen LogP contribution in [0.5, 0.6) is 0 Å². The van der Waals surface area contributed by atoms with Crippen LogP contribution in [0.2, 0.25) is 0 Å². The van der Waals surface area contributed by atoms with Crippen LogP contribution in [-0.2, 0) is 9.47 Å². The van der Waals surface area contributed by atoms with Crippen molar-refractivity contribution in [1.29, 1.82) is 0 Å². The number of H-pyrrole nitrogens is 1. The van der Waals surface area contributed by atoms with Crippen LogP contribution in [0, 0.1) is 13.8 Å². The topological polar surface area (TPSA) is 127 Å². The van der Waals surface area contributed by atoms with Crippen molar-refractivity contribution >= 4 is 29.4 Å². The summed E-state index contributed by atoms with van der Waals surface area (Å²) in [5.74, 6) is -1.82. The van der Waals surface area contributed by atoms with Crippen LogP contribution in [0.1, 0.15) is 56.3 Å². The molecular weight excluding hydrogens is 390 g/mol. The summed E-state index contributed by atoms with van der Waals surface area (Å²) in [5, 5.41) is 5.25. The van der Waals surface area contributed by atoms with Gasteiger partial charge in [0.15, 0.2) is 6.61 Å². The summed E-state index contributed by atoms with van der Waals surface area (Å²) in [7, 11) is 1.25. The Labute approximate surface area is 174 Å². The van der Waals surface area contributed by atoms with E-state index in [1.807, 2.05) is 0 Å². The van der Waals surface area contributed by atoms with Gasteiger partial charge in [-0.2, -0.15) is 0 Å². The highest BCUT2D eigenvalue weighted by Crippen LogP contribution is 2.20. The number of benzene rings is 1. The Balaban J connectivity index is 2.11. The molecule has 2 amide bonds. The molecule has 0 aliphatic heterocycles. The number of nitrogens with one attached hydrogen (secondary N) is 3. The molecule has 0 spiro atoms. The fourth-order valence-corrected chi connectivity index (χ4v) is 2.91. The smallest absolute Gasteiger partial charge is 0.340 e. The van der Waals surface area contributed by atoms with Crippen molar-refractivity contribution in [2.45, 2.75) is 33.7 Å². The van der Waals surface area contributed by atoms with E-state index in [1.165, 1.54) is 13.2 Å². The lowest BCUT2D eigenvalue weighted by molar-refractivity contribution is 0.0474. The first-order chi connectivity index (χ1) is 14.1. The van der Waals surface area contributed by atoms with Crippen molar-refractivity contribution in [3.63, 3.8) is 0 Å². The highest BCUT2D eigenvalue weighted by Gasteiger charge is 2.24. The van der Waals surface area contributed by atoms with E-state index in [2.05, 4.69) is 15.6 Å². The van der Waals surface area contributed by atoms with Gasteiger partial charge < -0.3 is 25.1 Å². The number of ether oxygens (including phenoxy) is 2. The number of aryl methyl sites for hydroxylation is 1. The molecule has 0 atom stereocenters. The van der Waals surface area contributed by atoms with Crippen molar-refractivity contribution in [2.75, 3.05) is 19.0 Å². The molecule has 3 N–H and O–H groups in total. The highest BCUT2D eigenvalue weighted by atomic mass is 16.5. The van der Waals surface area contributed by atoms with Gasteiger partial charge in [0.25, 0.3) is 0 Å². The summed E-state index contributed by atoms with van der Waals surface area (Å²) in [5.41, 5.74) is 1.72. The van der Waals surface area contributed by atoms with E-state index in [-0.39, 0.29) is 28.6 Å². The quantitative estimate of drug-likeness (QED) is 0.471. The number of para-hydroxylation sites is 1. The van der Waals surface area contributed by atoms with E-state index in [1.54, 1.807) is 45.9 Å². The highest BCUT2D eigenvalue weighted by molar-refractivity contribution is 6.04. The monoisotopic (exact) mass is 415 g/mol. The first-order valence-corrected chi connectivity index (χ1v) is 9.30. The van der Waals surface area contributed by atoms with Crippen molar-refractivity contribution in [3.05, 3.63) is 52.3 Å². The predicted octanol–water partition coefficient (Wildman–Crippen LogP) is 2.99. The minimum atomic E-state index is -0.766. The summed E-state index contributed by atoms with van der Waals surface area (Å²) in [4.78, 5) is 51.6. The molecule has 160 valence electrons. The number of aromatic nitrogens is 1. The number of rotatable bonds is 7. The van der Waals surface area contributed by atoms with Gasteiger partial charge >= 0.3 is 18.0 Å². The molecule has 0 saturated heterocycles. The van der Waals surface area contributed by atoms with Gasteiger partial charge in [0.05, 0.1) is 29.6 Å². The number of aromatic amines is 1. The molecule has 0 unspecified atom stereocenters. The first kappa shape index (κ1) is 22.7. The van der Waals surface area contributed by atoms with E-state index >= 15 is 0 Å². The molecule has 9 nitrogen and oxygen atoms in total. The van der Waals surface area contributed by atoms with Gasteiger partial charge in [-0.05, 0) is 45.4 Å². The molecular formula is C21H25N3O6. The number of hydrogen-bond acceptors (Lipinski definition) is 6. The van der Waals surface area contributed by atoms with E-state index in [4.69, 9.17) is 9.47 Å². The zero-order valence-electron chi connectivity index (χ0n) is 17.5. The number of carbonyl (C=O) groups is 4. The molecule has 2 rings (SSSR count). The minimum Gasteiger partial charge on any atom is -0.465 e. The van der Waals surface area contributed by atoms with Gasteiger partial charge in [0, 0.05) is 11.7 Å². The van der Waals surface area contributed by atoms with E-state index in [0.717, 1.165) is 0 Å². The summed E-state index contributed by atoms with van der Waals surface area (Å²) < 4.78 is 9.86. The molecule has 0 radical (unpaired) electrons. The van der Waals surface area contributed by atoms with Gasteiger partial charge in [-0.1, -0.05) is 12.1 Å². The van der Waals surface area contributed by atoms with Crippen LogP contribution in [0.15, 0.2) is 24.3 Å². The Bertz CT molecular complexity index is 977. The maximum atomic E-state index is 12.5. The second-order valence-corrected chi connectivity index (χ2v) is 6.91. The standard InChI is InChI=1S/C21H25N3O6/c1-11(2)22-21(28)24-15-9-7-6-8-14(15)19(26)30-10-16(25)18-12(3)17(13(4)23-18)20(27)29-5/h6-9,11,23H,10H2,1-5H3,(H2,22,24,28). The lowest BCUT2D eigenvalue weighted by atomic mass is 10.1. The normalized spacial score (nSPS) is 10.5. The number of carbonyl (C=O) groups excluding carboxylic acids is 4. The van der Waals surface area contributed by atoms with Gasteiger partial charge in [0.1, 0.15) is 0 Å². The Kier molecular flexibility index (Phi) is 7.35. The van der Waals surface area contributed by atoms with Crippen molar-refractivity contribution in [1.82, 2.24) is 10.3 Å². The Morgan fingerprint density at radius 1 is 1.07 bits per heavy atom. The number of urea groups is 1. The van der Waals surface area contributed by atoms with Gasteiger partial charge in [-0.15, -0.1) is 0 Å². The van der Waals surface area contributed by atoms with E-state index < -0.39 is 30.4 Å². The number of Topliss-reactive ketones (excluding diaryl/α,β-unsaturated/α-hetero) is 1. The number of amides is 2. The summed E-state index contributed by atoms with van der Waals surface area (Å²) in [6.45, 7) is 6.33. The Hall–Kier alpha value is -3.62. The average molecular weight is 415 g/mol. The molecule has 30 heavy (non-hydrogen) atoms. The number of anilines is 1. The molecule has 0 fully saturated rings. The Morgan fingerprint density at radius 2 is 1.73 bits per heavy atom. The maximum Gasteiger partial charge on any atom is 0.340 e. The zero-order chi connectivity index (χ0) is 22.4. The summed E-state index contributed by atoms with van der Waals surface area (Å²) >= 11 is 0. The SMILES string of the molecule is COC(=O)c1c(C)[nH]c(C(=O)COC(=O)c2ccccc2NC(=O)NC(C)C)c1C. The van der Waals surface area contributed by atoms with Gasteiger partial charge in [-0.25, -0.2) is 14.4 Å². The van der Waals surface area contributed by atoms with Crippen molar-refractivity contribution in [3.8, 4) is 0 Å². The summed E-state index contributed by atoms with van der Waals surface area (Å²) in [6, 6.07) is 5.77. The molecule has 0 bridgehead atoms. The number of esters is 2. The molecule has 9 heteroatoms. The molecule has 2 aromatic rings. The first-order valence-electron chi connectivity index (χ1n) is 9.30. The molecule has 0 aliphatic carbocycles. The van der Waals surface area contributed by atoms with E-state index in [0.29, 0.717) is 11.3 Å². The predicted molar refractivity (Wildman–Crippen MR) is 110 cm³/mol. The Morgan fingerprint density at radius 3 is 2.37 bits per heavy atom. The zero-order valence-corrected chi connectivity index (χ0v) is 17.5. The number of ketones is 1.